The summed E-state index contributed by atoms with van der Waals surface area (Å²) < 4.78 is 31.1. The lowest BCUT2D eigenvalue weighted by Crippen LogP contribution is -2.46. The number of hydrogen-bond acceptors (Lipinski definition) is 5. The Bertz CT molecular complexity index is 525. The quantitative estimate of drug-likeness (QED) is 0.726. The average molecular weight is 286 g/mol. The molecule has 0 unspecified atom stereocenters. The number of carbonyl (C=O) groups excluding carboxylic acids is 1. The maximum absolute atomic E-state index is 12.0. The van der Waals surface area contributed by atoms with E-state index in [0.717, 1.165) is 5.56 Å². The van der Waals surface area contributed by atoms with E-state index >= 15 is 0 Å². The number of hydrogen-bond donors (Lipinski definition) is 2. The topological polar surface area (TPSA) is 98.5 Å². The number of rotatable bonds is 6. The number of aryl methyl sites for hydroxylation is 1. The van der Waals surface area contributed by atoms with Gasteiger partial charge in [-0.2, -0.15) is 4.72 Å². The zero-order valence-electron chi connectivity index (χ0n) is 10.9. The fraction of sp³-hybridized carbons (Fsp3) is 0.417. The third kappa shape index (κ3) is 4.30. The minimum Gasteiger partial charge on any atom is -0.465 e. The molecular formula is C12H18N2O4S. The summed E-state index contributed by atoms with van der Waals surface area (Å²) >= 11 is 0. The van der Waals surface area contributed by atoms with Gasteiger partial charge < -0.3 is 10.5 Å². The van der Waals surface area contributed by atoms with Gasteiger partial charge in [0, 0.05) is 6.54 Å². The minimum atomic E-state index is -3.78. The molecule has 0 aliphatic heterocycles. The Morgan fingerprint density at radius 3 is 2.42 bits per heavy atom. The molecule has 1 aromatic carbocycles. The fourth-order valence-corrected chi connectivity index (χ4v) is 2.61. The Hall–Kier alpha value is -1.44. The summed E-state index contributed by atoms with van der Waals surface area (Å²) in [5, 5.41) is 0. The summed E-state index contributed by atoms with van der Waals surface area (Å²) in [6.45, 7) is 3.50. The molecule has 7 heteroatoms. The average Bonchev–Trinajstić information content (AvgIpc) is 2.36. The molecule has 106 valence electrons. The highest BCUT2D eigenvalue weighted by Gasteiger charge is 2.25. The van der Waals surface area contributed by atoms with Crippen LogP contribution in [-0.2, 0) is 19.6 Å². The number of ether oxygens (including phenoxy) is 1. The zero-order chi connectivity index (χ0) is 14.5. The molecule has 0 aliphatic carbocycles. The SMILES string of the molecule is CCOC(=O)[C@@H](CN)NS(=O)(=O)c1ccc(C)cc1. The number of esters is 1. The van der Waals surface area contributed by atoms with Gasteiger partial charge in [-0.25, -0.2) is 8.42 Å². The van der Waals surface area contributed by atoms with Crippen LogP contribution in [0.2, 0.25) is 0 Å². The normalized spacial score (nSPS) is 13.0. The van der Waals surface area contributed by atoms with Crippen LogP contribution in [-0.4, -0.2) is 33.6 Å². The second kappa shape index (κ2) is 6.65. The highest BCUT2D eigenvalue weighted by atomic mass is 32.2. The lowest BCUT2D eigenvalue weighted by atomic mass is 10.2. The molecule has 0 fully saturated rings. The zero-order valence-corrected chi connectivity index (χ0v) is 11.7. The fourth-order valence-electron chi connectivity index (χ4n) is 1.41. The van der Waals surface area contributed by atoms with Crippen molar-refractivity contribution in [3.8, 4) is 0 Å². The van der Waals surface area contributed by atoms with Crippen molar-refractivity contribution in [2.24, 2.45) is 5.73 Å². The molecule has 0 radical (unpaired) electrons. The Kier molecular flexibility index (Phi) is 5.46. The lowest BCUT2D eigenvalue weighted by Gasteiger charge is -2.15. The second-order valence-electron chi connectivity index (χ2n) is 3.97. The first-order valence-corrected chi connectivity index (χ1v) is 7.34. The van der Waals surface area contributed by atoms with Crippen LogP contribution in [0.15, 0.2) is 29.2 Å². The number of nitrogens with two attached hydrogens (primary N) is 1. The molecule has 1 atom stereocenters. The second-order valence-corrected chi connectivity index (χ2v) is 5.69. The molecule has 0 saturated heterocycles. The third-order valence-electron chi connectivity index (χ3n) is 2.44. The predicted octanol–water partition coefficient (Wildman–Crippen LogP) is 0.164. The van der Waals surface area contributed by atoms with E-state index in [1.165, 1.54) is 12.1 Å². The maximum Gasteiger partial charge on any atom is 0.325 e. The number of carbonyl (C=O) groups is 1. The number of benzene rings is 1. The Labute approximate surface area is 113 Å². The summed E-state index contributed by atoms with van der Waals surface area (Å²) in [6, 6.07) is 5.21. The van der Waals surface area contributed by atoms with E-state index < -0.39 is 22.0 Å². The smallest absolute Gasteiger partial charge is 0.325 e. The summed E-state index contributed by atoms with van der Waals surface area (Å²) in [4.78, 5) is 11.6. The van der Waals surface area contributed by atoms with Crippen molar-refractivity contribution in [3.05, 3.63) is 29.8 Å². The van der Waals surface area contributed by atoms with Gasteiger partial charge in [0.25, 0.3) is 0 Å². The molecule has 3 N–H and O–H groups in total. The lowest BCUT2D eigenvalue weighted by molar-refractivity contribution is -0.144. The molecular weight excluding hydrogens is 268 g/mol. The van der Waals surface area contributed by atoms with Gasteiger partial charge in [0.1, 0.15) is 6.04 Å². The van der Waals surface area contributed by atoms with Crippen molar-refractivity contribution >= 4 is 16.0 Å². The minimum absolute atomic E-state index is 0.0841. The third-order valence-corrected chi connectivity index (χ3v) is 3.92. The van der Waals surface area contributed by atoms with E-state index in [2.05, 4.69) is 4.72 Å². The highest BCUT2D eigenvalue weighted by molar-refractivity contribution is 7.89. The monoisotopic (exact) mass is 286 g/mol. The predicted molar refractivity (Wildman–Crippen MR) is 71.0 cm³/mol. The van der Waals surface area contributed by atoms with Crippen LogP contribution in [0.5, 0.6) is 0 Å². The van der Waals surface area contributed by atoms with E-state index in [9.17, 15) is 13.2 Å². The Morgan fingerprint density at radius 2 is 1.95 bits per heavy atom. The van der Waals surface area contributed by atoms with Gasteiger partial charge in [-0.1, -0.05) is 17.7 Å². The van der Waals surface area contributed by atoms with Crippen LogP contribution in [0.4, 0.5) is 0 Å². The van der Waals surface area contributed by atoms with E-state index in [0.29, 0.717) is 0 Å². The van der Waals surface area contributed by atoms with Crippen LogP contribution in [0.1, 0.15) is 12.5 Å². The van der Waals surface area contributed by atoms with Crippen molar-refractivity contribution in [2.45, 2.75) is 24.8 Å². The Balaban J connectivity index is 2.89. The van der Waals surface area contributed by atoms with Gasteiger partial charge >= 0.3 is 5.97 Å². The van der Waals surface area contributed by atoms with Crippen molar-refractivity contribution < 1.29 is 17.9 Å². The standard InChI is InChI=1S/C12H18N2O4S/c1-3-18-12(15)11(8-13)14-19(16,17)10-6-4-9(2)5-7-10/h4-7,11,14H,3,8,13H2,1-2H3/t11-/m1/s1. The number of nitrogens with one attached hydrogen (secondary N) is 1. The molecule has 0 aliphatic rings. The summed E-state index contributed by atoms with van der Waals surface area (Å²) in [7, 11) is -3.78. The molecule has 0 aromatic heterocycles. The van der Waals surface area contributed by atoms with Crippen LogP contribution in [0, 0.1) is 6.92 Å². The largest absolute Gasteiger partial charge is 0.465 e. The first-order valence-electron chi connectivity index (χ1n) is 5.86. The molecule has 0 amide bonds. The van der Waals surface area contributed by atoms with Crippen molar-refractivity contribution in [3.63, 3.8) is 0 Å². The van der Waals surface area contributed by atoms with Crippen molar-refractivity contribution in [1.82, 2.24) is 4.72 Å². The summed E-state index contributed by atoms with van der Waals surface area (Å²) in [5.74, 6) is -0.680. The van der Waals surface area contributed by atoms with Crippen molar-refractivity contribution in [2.75, 3.05) is 13.2 Å². The maximum atomic E-state index is 12.0. The summed E-state index contributed by atoms with van der Waals surface area (Å²) in [5.41, 5.74) is 6.33. The van der Waals surface area contributed by atoms with Crippen LogP contribution in [0.3, 0.4) is 0 Å². The summed E-state index contributed by atoms with van der Waals surface area (Å²) in [6.07, 6.45) is 0. The van der Waals surface area contributed by atoms with E-state index in [1.807, 2.05) is 6.92 Å². The molecule has 0 spiro atoms. The highest BCUT2D eigenvalue weighted by Crippen LogP contribution is 2.10. The van der Waals surface area contributed by atoms with Crippen LogP contribution in [0.25, 0.3) is 0 Å². The van der Waals surface area contributed by atoms with E-state index in [-0.39, 0.29) is 18.0 Å². The van der Waals surface area contributed by atoms with Gasteiger partial charge in [0.15, 0.2) is 0 Å². The molecule has 0 saturated carbocycles. The molecule has 1 rings (SSSR count). The molecule has 1 aromatic rings. The first-order chi connectivity index (χ1) is 8.90. The van der Waals surface area contributed by atoms with Gasteiger partial charge in [-0.05, 0) is 26.0 Å². The van der Waals surface area contributed by atoms with Gasteiger partial charge in [-0.15, -0.1) is 0 Å². The van der Waals surface area contributed by atoms with Crippen molar-refractivity contribution in [1.29, 1.82) is 0 Å². The van der Waals surface area contributed by atoms with Gasteiger partial charge in [-0.3, -0.25) is 4.79 Å². The Morgan fingerprint density at radius 1 is 1.37 bits per heavy atom. The molecule has 0 heterocycles. The van der Waals surface area contributed by atoms with E-state index in [4.69, 9.17) is 10.5 Å². The van der Waals surface area contributed by atoms with Gasteiger partial charge in [0.05, 0.1) is 11.5 Å². The van der Waals surface area contributed by atoms with Crippen LogP contribution < -0.4 is 10.5 Å². The van der Waals surface area contributed by atoms with E-state index in [1.54, 1.807) is 19.1 Å². The number of sulfonamides is 1. The first kappa shape index (κ1) is 15.6. The molecule has 19 heavy (non-hydrogen) atoms. The molecule has 0 bridgehead atoms. The van der Waals surface area contributed by atoms with Crippen LogP contribution >= 0.6 is 0 Å². The molecule has 6 nitrogen and oxygen atoms in total. The van der Waals surface area contributed by atoms with Gasteiger partial charge in [0.2, 0.25) is 10.0 Å².